The predicted octanol–water partition coefficient (Wildman–Crippen LogP) is 1.98. The van der Waals surface area contributed by atoms with E-state index in [1.165, 1.54) is 6.21 Å². The average Bonchev–Trinajstić information content (AvgIpc) is 2.25. The van der Waals surface area contributed by atoms with Crippen LogP contribution in [0.25, 0.3) is 0 Å². The largest absolute Gasteiger partial charge is 0.411 e. The third-order valence-electron chi connectivity index (χ3n) is 1.82. The second kappa shape index (κ2) is 6.35. The molecule has 0 radical (unpaired) electrons. The first-order valence-corrected chi connectivity index (χ1v) is 5.61. The minimum absolute atomic E-state index is 0.248. The Morgan fingerprint density at radius 3 is 2.67 bits per heavy atom. The van der Waals surface area contributed by atoms with E-state index in [1.54, 1.807) is 24.3 Å². The highest BCUT2D eigenvalue weighted by Gasteiger charge is 2.12. The monoisotopic (exact) mass is 229 g/mol. The van der Waals surface area contributed by atoms with Crippen molar-refractivity contribution in [2.24, 2.45) is 5.16 Å². The van der Waals surface area contributed by atoms with Crippen molar-refractivity contribution in [3.05, 3.63) is 35.9 Å². The molecule has 0 saturated heterocycles. The molecule has 1 aromatic rings. The van der Waals surface area contributed by atoms with E-state index >= 15 is 0 Å². The van der Waals surface area contributed by atoms with E-state index in [2.05, 4.69) is 5.16 Å². The van der Waals surface area contributed by atoms with Gasteiger partial charge in [-0.1, -0.05) is 30.3 Å². The summed E-state index contributed by atoms with van der Waals surface area (Å²) >= 11 is 0. The quantitative estimate of drug-likeness (QED) is 0.350. The lowest BCUT2D eigenvalue weighted by Crippen LogP contribution is -2.00. The highest BCUT2D eigenvalue weighted by atomic mass is 31.1. The number of benzene rings is 1. The summed E-state index contributed by atoms with van der Waals surface area (Å²) in [4.78, 5) is 8.70. The van der Waals surface area contributed by atoms with Crippen molar-refractivity contribution in [1.82, 2.24) is 0 Å². The molecule has 0 aromatic heterocycles. The summed E-state index contributed by atoms with van der Waals surface area (Å²) in [6.45, 7) is 0. The number of nitrogens with zero attached hydrogens (tertiary/aromatic N) is 1. The Balaban J connectivity index is 2.76. The summed E-state index contributed by atoms with van der Waals surface area (Å²) in [6, 6.07) is 9.00. The van der Waals surface area contributed by atoms with Crippen molar-refractivity contribution in [3.8, 4) is 0 Å². The van der Waals surface area contributed by atoms with Crippen LogP contribution >= 0.6 is 8.25 Å². The third kappa shape index (κ3) is 4.25. The first-order valence-electron chi connectivity index (χ1n) is 4.34. The van der Waals surface area contributed by atoms with Gasteiger partial charge in [-0.05, 0) is 5.56 Å². The Kier molecular flexibility index (Phi) is 5.04. The number of hydrogen-bond acceptors (Lipinski definition) is 4. The van der Waals surface area contributed by atoms with Gasteiger partial charge >= 0.3 is 8.25 Å². The van der Waals surface area contributed by atoms with Crippen molar-refractivity contribution in [1.29, 1.82) is 0 Å². The molecular formula is C9H12NO4P. The summed E-state index contributed by atoms with van der Waals surface area (Å²) < 4.78 is 15.4. The van der Waals surface area contributed by atoms with E-state index in [9.17, 15) is 4.57 Å². The second-order valence-corrected chi connectivity index (χ2v) is 3.58. The van der Waals surface area contributed by atoms with E-state index < -0.39 is 14.4 Å². The molecule has 82 valence electrons. The molecule has 0 amide bonds. The lowest BCUT2D eigenvalue weighted by atomic mass is 10.1. The van der Waals surface area contributed by atoms with E-state index in [-0.39, 0.29) is 6.42 Å². The average molecular weight is 229 g/mol. The van der Waals surface area contributed by atoms with Crippen molar-refractivity contribution in [2.45, 2.75) is 12.5 Å². The smallest absolute Gasteiger partial charge is 0.317 e. The zero-order valence-electron chi connectivity index (χ0n) is 7.91. The van der Waals surface area contributed by atoms with Crippen LogP contribution in [0, 0.1) is 0 Å². The first-order chi connectivity index (χ1) is 7.24. The molecule has 0 aliphatic carbocycles. The summed E-state index contributed by atoms with van der Waals surface area (Å²) in [6.07, 6.45) is 0.915. The van der Waals surface area contributed by atoms with Crippen LogP contribution in [0.15, 0.2) is 35.5 Å². The van der Waals surface area contributed by atoms with Crippen molar-refractivity contribution in [3.63, 3.8) is 0 Å². The van der Waals surface area contributed by atoms with Crippen LogP contribution in [-0.4, -0.2) is 16.3 Å². The Bertz CT molecular complexity index is 341. The summed E-state index contributed by atoms with van der Waals surface area (Å²) in [5.41, 5.74) is 0.768. The molecule has 0 fully saturated rings. The van der Waals surface area contributed by atoms with Gasteiger partial charge in [0.25, 0.3) is 0 Å². The maximum Gasteiger partial charge on any atom is 0.317 e. The van der Waals surface area contributed by atoms with Crippen LogP contribution < -0.4 is 0 Å². The predicted molar refractivity (Wildman–Crippen MR) is 56.4 cm³/mol. The van der Waals surface area contributed by atoms with Crippen LogP contribution in [0.1, 0.15) is 18.1 Å². The molecule has 0 spiro atoms. The topological polar surface area (TPSA) is 79.1 Å². The minimum Gasteiger partial charge on any atom is -0.411 e. The van der Waals surface area contributed by atoms with E-state index in [4.69, 9.17) is 14.6 Å². The zero-order valence-corrected chi connectivity index (χ0v) is 8.91. The Hall–Kier alpha value is -1.16. The molecule has 1 rings (SSSR count). The summed E-state index contributed by atoms with van der Waals surface area (Å²) in [5, 5.41) is 11.1. The van der Waals surface area contributed by atoms with Gasteiger partial charge in [-0.25, -0.2) is 0 Å². The molecule has 2 N–H and O–H groups in total. The fourth-order valence-electron chi connectivity index (χ4n) is 1.18. The van der Waals surface area contributed by atoms with E-state index in [1.807, 2.05) is 6.07 Å². The standard InChI is InChI=1S/C9H12NO4P/c11-10-7-6-9(14-15(12)13)8-4-2-1-3-5-8/h1-5,7,9,11,15H,6H2,(H,12,13). The van der Waals surface area contributed by atoms with Gasteiger partial charge in [0, 0.05) is 12.6 Å². The SMILES string of the molecule is O=[PH](O)OC(CC=NO)c1ccccc1. The van der Waals surface area contributed by atoms with Crippen LogP contribution in [0.2, 0.25) is 0 Å². The maximum atomic E-state index is 10.6. The lowest BCUT2D eigenvalue weighted by Gasteiger charge is -2.13. The van der Waals surface area contributed by atoms with Gasteiger partial charge in [-0.3, -0.25) is 4.57 Å². The fraction of sp³-hybridized carbons (Fsp3) is 0.222. The third-order valence-corrected chi connectivity index (χ3v) is 2.30. The molecule has 0 aliphatic rings. The molecule has 15 heavy (non-hydrogen) atoms. The van der Waals surface area contributed by atoms with E-state index in [0.29, 0.717) is 0 Å². The first kappa shape index (κ1) is 11.9. The molecule has 2 atom stereocenters. The molecule has 0 bridgehead atoms. The van der Waals surface area contributed by atoms with Gasteiger partial charge in [0.1, 0.15) is 0 Å². The maximum absolute atomic E-state index is 10.6. The number of rotatable bonds is 5. The fourth-order valence-corrected chi connectivity index (χ4v) is 1.66. The number of hydrogen-bond donors (Lipinski definition) is 2. The zero-order chi connectivity index (χ0) is 11.1. The molecule has 0 heterocycles. The van der Waals surface area contributed by atoms with Gasteiger partial charge in [0.15, 0.2) is 0 Å². The highest BCUT2D eigenvalue weighted by molar-refractivity contribution is 7.32. The normalized spacial score (nSPS) is 15.3. The molecule has 0 aliphatic heterocycles. The Morgan fingerprint density at radius 2 is 2.13 bits per heavy atom. The van der Waals surface area contributed by atoms with Gasteiger partial charge in [0.2, 0.25) is 0 Å². The molecule has 1 aromatic carbocycles. The Morgan fingerprint density at radius 1 is 1.47 bits per heavy atom. The van der Waals surface area contributed by atoms with Crippen LogP contribution in [0.3, 0.4) is 0 Å². The van der Waals surface area contributed by atoms with Gasteiger partial charge < -0.3 is 14.6 Å². The highest BCUT2D eigenvalue weighted by Crippen LogP contribution is 2.30. The molecular weight excluding hydrogens is 217 g/mol. The van der Waals surface area contributed by atoms with Gasteiger partial charge in [-0.15, -0.1) is 5.16 Å². The minimum atomic E-state index is -3.00. The van der Waals surface area contributed by atoms with Crippen LogP contribution in [0.5, 0.6) is 0 Å². The van der Waals surface area contributed by atoms with E-state index in [0.717, 1.165) is 5.56 Å². The summed E-state index contributed by atoms with van der Waals surface area (Å²) in [5.74, 6) is 0. The van der Waals surface area contributed by atoms with Crippen molar-refractivity contribution >= 4 is 14.5 Å². The molecule has 5 nitrogen and oxygen atoms in total. The Labute approximate surface area is 88.0 Å². The second-order valence-electron chi connectivity index (χ2n) is 2.82. The molecule has 6 heteroatoms. The van der Waals surface area contributed by atoms with Crippen molar-refractivity contribution in [2.75, 3.05) is 0 Å². The van der Waals surface area contributed by atoms with Crippen LogP contribution in [0.4, 0.5) is 0 Å². The van der Waals surface area contributed by atoms with Crippen LogP contribution in [-0.2, 0) is 9.09 Å². The lowest BCUT2D eigenvalue weighted by molar-refractivity contribution is 0.198. The molecule has 2 unspecified atom stereocenters. The summed E-state index contributed by atoms with van der Waals surface area (Å²) in [7, 11) is -3.00. The number of oxime groups is 1. The molecule has 0 saturated carbocycles. The van der Waals surface area contributed by atoms with Gasteiger partial charge in [0.05, 0.1) is 6.10 Å². The van der Waals surface area contributed by atoms with Gasteiger partial charge in [-0.2, -0.15) is 0 Å². The van der Waals surface area contributed by atoms with Crippen molar-refractivity contribution < 1.29 is 19.2 Å².